The smallest absolute Gasteiger partial charge is 0.416 e. The Morgan fingerprint density at radius 3 is 2.44 bits per heavy atom. The molecule has 0 aromatic heterocycles. The lowest BCUT2D eigenvalue weighted by Crippen LogP contribution is -2.37. The van der Waals surface area contributed by atoms with Crippen molar-refractivity contribution in [3.63, 3.8) is 0 Å². The molecule has 1 amide bonds. The van der Waals surface area contributed by atoms with E-state index in [1.807, 2.05) is 25.1 Å². The minimum Gasteiger partial charge on any atom is -0.481 e. The van der Waals surface area contributed by atoms with Crippen LogP contribution in [0.15, 0.2) is 48.5 Å². The van der Waals surface area contributed by atoms with Gasteiger partial charge < -0.3 is 10.1 Å². The largest absolute Gasteiger partial charge is 0.481 e. The number of aryl methyl sites for hydroxylation is 1. The highest BCUT2D eigenvalue weighted by Crippen LogP contribution is 2.29. The van der Waals surface area contributed by atoms with E-state index in [9.17, 15) is 18.0 Å². The Morgan fingerprint density at radius 1 is 1.16 bits per heavy atom. The molecule has 3 nitrogen and oxygen atoms in total. The van der Waals surface area contributed by atoms with Crippen LogP contribution in [0.5, 0.6) is 5.75 Å². The zero-order valence-electron chi connectivity index (χ0n) is 14.1. The van der Waals surface area contributed by atoms with Crippen molar-refractivity contribution in [2.45, 2.75) is 32.5 Å². The predicted octanol–water partition coefficient (Wildman–Crippen LogP) is 4.14. The Labute approximate surface area is 144 Å². The maximum absolute atomic E-state index is 12.5. The molecule has 1 N–H and O–H groups in total. The first kappa shape index (κ1) is 18.8. The van der Waals surface area contributed by atoms with Gasteiger partial charge in [0.05, 0.1) is 5.56 Å². The molecule has 0 aliphatic heterocycles. The molecule has 0 bridgehead atoms. The fourth-order valence-corrected chi connectivity index (χ4v) is 2.28. The van der Waals surface area contributed by atoms with Gasteiger partial charge in [-0.05, 0) is 55.7 Å². The van der Waals surface area contributed by atoms with E-state index in [1.54, 1.807) is 13.0 Å². The first-order chi connectivity index (χ1) is 11.8. The number of ether oxygens (including phenoxy) is 1. The van der Waals surface area contributed by atoms with Crippen LogP contribution >= 0.6 is 0 Å². The van der Waals surface area contributed by atoms with Crippen molar-refractivity contribution in [1.29, 1.82) is 0 Å². The van der Waals surface area contributed by atoms with Crippen molar-refractivity contribution >= 4 is 5.91 Å². The Kier molecular flexibility index (Phi) is 6.07. The molecule has 0 saturated heterocycles. The number of rotatable bonds is 6. The molecule has 0 fully saturated rings. The summed E-state index contributed by atoms with van der Waals surface area (Å²) in [5, 5.41) is 2.72. The second-order valence-electron chi connectivity index (χ2n) is 5.81. The van der Waals surface area contributed by atoms with Crippen LogP contribution in [0, 0.1) is 6.92 Å². The molecular formula is C19H20F3NO2. The molecule has 134 valence electrons. The number of carbonyl (C=O) groups excluding carboxylic acids is 1. The van der Waals surface area contributed by atoms with Gasteiger partial charge in [-0.2, -0.15) is 13.2 Å². The third-order valence-electron chi connectivity index (χ3n) is 3.67. The zero-order chi connectivity index (χ0) is 18.4. The van der Waals surface area contributed by atoms with E-state index in [2.05, 4.69) is 5.32 Å². The second kappa shape index (κ2) is 8.05. The molecule has 2 aromatic carbocycles. The summed E-state index contributed by atoms with van der Waals surface area (Å²) >= 11 is 0. The number of nitrogens with one attached hydrogen (secondary N) is 1. The molecule has 0 spiro atoms. The van der Waals surface area contributed by atoms with Crippen LogP contribution in [0.25, 0.3) is 0 Å². The van der Waals surface area contributed by atoms with Gasteiger partial charge in [-0.1, -0.05) is 24.3 Å². The van der Waals surface area contributed by atoms with Crippen molar-refractivity contribution in [3.8, 4) is 5.75 Å². The number of hydrogen-bond acceptors (Lipinski definition) is 2. The normalized spacial score (nSPS) is 12.5. The Morgan fingerprint density at radius 2 is 1.84 bits per heavy atom. The van der Waals surface area contributed by atoms with Crippen LogP contribution in [0.1, 0.15) is 23.6 Å². The third-order valence-corrected chi connectivity index (χ3v) is 3.67. The first-order valence-electron chi connectivity index (χ1n) is 7.93. The topological polar surface area (TPSA) is 38.3 Å². The van der Waals surface area contributed by atoms with Gasteiger partial charge in [0.15, 0.2) is 6.10 Å². The fraction of sp³-hybridized carbons (Fsp3) is 0.316. The summed E-state index contributed by atoms with van der Waals surface area (Å²) < 4.78 is 43.1. The lowest BCUT2D eigenvalue weighted by atomic mass is 10.1. The van der Waals surface area contributed by atoms with Crippen molar-refractivity contribution in [2.75, 3.05) is 6.54 Å². The van der Waals surface area contributed by atoms with Crippen LogP contribution in [0.4, 0.5) is 13.2 Å². The third kappa shape index (κ3) is 5.81. The minimum atomic E-state index is -4.34. The summed E-state index contributed by atoms with van der Waals surface area (Å²) in [5.41, 5.74) is 1.08. The molecule has 0 aliphatic rings. The Hall–Kier alpha value is -2.50. The average Bonchev–Trinajstić information content (AvgIpc) is 2.54. The number of hydrogen-bond donors (Lipinski definition) is 1. The molecule has 0 aliphatic carbocycles. The molecule has 6 heteroatoms. The zero-order valence-corrected chi connectivity index (χ0v) is 14.1. The highest BCUT2D eigenvalue weighted by atomic mass is 19.4. The summed E-state index contributed by atoms with van der Waals surface area (Å²) in [7, 11) is 0. The van der Waals surface area contributed by atoms with Crippen molar-refractivity contribution < 1.29 is 22.7 Å². The van der Waals surface area contributed by atoms with Crippen LogP contribution in [-0.2, 0) is 17.4 Å². The maximum Gasteiger partial charge on any atom is 0.416 e. The number of halogens is 3. The highest BCUT2D eigenvalue weighted by molar-refractivity contribution is 5.80. The second-order valence-corrected chi connectivity index (χ2v) is 5.81. The van der Waals surface area contributed by atoms with E-state index < -0.39 is 17.8 Å². The van der Waals surface area contributed by atoms with Gasteiger partial charge in [0.2, 0.25) is 0 Å². The summed E-state index contributed by atoms with van der Waals surface area (Å²) in [4.78, 5) is 12.0. The molecule has 1 atom stereocenters. The van der Waals surface area contributed by atoms with Crippen LogP contribution in [-0.4, -0.2) is 18.6 Å². The van der Waals surface area contributed by atoms with E-state index in [0.717, 1.165) is 23.3 Å². The van der Waals surface area contributed by atoms with Crippen LogP contribution < -0.4 is 10.1 Å². The predicted molar refractivity (Wildman–Crippen MR) is 89.4 cm³/mol. The van der Waals surface area contributed by atoms with Gasteiger partial charge in [0.25, 0.3) is 5.91 Å². The van der Waals surface area contributed by atoms with Gasteiger partial charge in [-0.3, -0.25) is 4.79 Å². The average molecular weight is 351 g/mol. The SMILES string of the molecule is Cc1cccc(OC(C)C(=O)NCCc2ccc(C(F)(F)F)cc2)c1. The molecule has 2 rings (SSSR count). The number of carbonyl (C=O) groups is 1. The van der Waals surface area contributed by atoms with Crippen molar-refractivity contribution in [1.82, 2.24) is 5.32 Å². The van der Waals surface area contributed by atoms with E-state index >= 15 is 0 Å². The summed E-state index contributed by atoms with van der Waals surface area (Å²) in [6.07, 6.45) is -4.55. The molecule has 1 unspecified atom stereocenters. The van der Waals surface area contributed by atoms with Gasteiger partial charge >= 0.3 is 6.18 Å². The van der Waals surface area contributed by atoms with Gasteiger partial charge in [0.1, 0.15) is 5.75 Å². The molecule has 0 radical (unpaired) electrons. The van der Waals surface area contributed by atoms with Crippen molar-refractivity contribution in [3.05, 3.63) is 65.2 Å². The lowest BCUT2D eigenvalue weighted by molar-refractivity contribution is -0.137. The van der Waals surface area contributed by atoms with Crippen LogP contribution in [0.2, 0.25) is 0 Å². The van der Waals surface area contributed by atoms with Crippen molar-refractivity contribution in [2.24, 2.45) is 0 Å². The molecule has 2 aromatic rings. The summed E-state index contributed by atoms with van der Waals surface area (Å²) in [6, 6.07) is 12.3. The Bertz CT molecular complexity index is 711. The Balaban J connectivity index is 1.79. The standard InChI is InChI=1S/C19H20F3NO2/c1-13-4-3-5-17(12-13)25-14(2)18(24)23-11-10-15-6-8-16(9-7-15)19(20,21)22/h3-9,12,14H,10-11H2,1-2H3,(H,23,24). The monoisotopic (exact) mass is 351 g/mol. The minimum absolute atomic E-state index is 0.270. The highest BCUT2D eigenvalue weighted by Gasteiger charge is 2.29. The van der Waals surface area contributed by atoms with E-state index in [0.29, 0.717) is 18.7 Å². The van der Waals surface area contributed by atoms with E-state index in [1.165, 1.54) is 12.1 Å². The number of benzene rings is 2. The maximum atomic E-state index is 12.5. The molecule has 0 saturated carbocycles. The number of alkyl halides is 3. The molecular weight excluding hydrogens is 331 g/mol. The molecule has 0 heterocycles. The number of amides is 1. The van der Waals surface area contributed by atoms with Gasteiger partial charge in [-0.15, -0.1) is 0 Å². The summed E-state index contributed by atoms with van der Waals surface area (Å²) in [6.45, 7) is 3.91. The first-order valence-corrected chi connectivity index (χ1v) is 7.93. The van der Waals surface area contributed by atoms with Gasteiger partial charge in [0, 0.05) is 6.54 Å². The molecule has 25 heavy (non-hydrogen) atoms. The van der Waals surface area contributed by atoms with E-state index in [-0.39, 0.29) is 5.91 Å². The van der Waals surface area contributed by atoms with Crippen LogP contribution in [0.3, 0.4) is 0 Å². The fourth-order valence-electron chi connectivity index (χ4n) is 2.28. The van der Waals surface area contributed by atoms with Gasteiger partial charge in [-0.25, -0.2) is 0 Å². The lowest BCUT2D eigenvalue weighted by Gasteiger charge is -2.15. The van der Waals surface area contributed by atoms with E-state index in [4.69, 9.17) is 4.74 Å². The quantitative estimate of drug-likeness (QED) is 0.849. The summed E-state index contributed by atoms with van der Waals surface area (Å²) in [5.74, 6) is 0.346.